The molecule has 0 aliphatic carbocycles. The number of carboxylic acids is 1. The maximum Gasteiger partial charge on any atom is 0.308 e. The van der Waals surface area contributed by atoms with Gasteiger partial charge in [0.1, 0.15) is 0 Å². The lowest BCUT2D eigenvalue weighted by Crippen LogP contribution is -2.34. The molecule has 0 saturated carbocycles. The van der Waals surface area contributed by atoms with Crippen molar-refractivity contribution in [3.05, 3.63) is 70.3 Å². The van der Waals surface area contributed by atoms with Crippen molar-refractivity contribution in [1.29, 1.82) is 0 Å². The summed E-state index contributed by atoms with van der Waals surface area (Å²) in [6.07, 6.45) is 0.393. The van der Waals surface area contributed by atoms with Crippen LogP contribution >= 0.6 is 0 Å². The molecular weight excluding hydrogens is 302 g/mol. The molecule has 0 aromatic heterocycles. The van der Waals surface area contributed by atoms with E-state index in [4.69, 9.17) is 0 Å². The van der Waals surface area contributed by atoms with Crippen LogP contribution in [0.5, 0.6) is 0 Å². The van der Waals surface area contributed by atoms with Crippen LogP contribution in [-0.2, 0) is 11.2 Å². The predicted octanol–water partition coefficient (Wildman–Crippen LogP) is 3.29. The van der Waals surface area contributed by atoms with Gasteiger partial charge >= 0.3 is 5.97 Å². The Bertz CT molecular complexity index is 752. The van der Waals surface area contributed by atoms with Gasteiger partial charge in [-0.3, -0.25) is 9.59 Å². The number of aliphatic carboxylic acids is 1. The molecule has 0 aliphatic heterocycles. The van der Waals surface area contributed by atoms with E-state index in [9.17, 15) is 14.7 Å². The number of carboxylic acid groups (broad SMARTS) is 1. The molecule has 2 rings (SSSR count). The largest absolute Gasteiger partial charge is 0.481 e. The number of hydrogen-bond donors (Lipinski definition) is 2. The number of nitrogens with one attached hydrogen (secondary N) is 1. The SMILES string of the molecule is Cc1cccc(CC(CNC(=O)c2cccc(C)c2C)C(=O)O)c1. The van der Waals surface area contributed by atoms with Crippen molar-refractivity contribution in [2.45, 2.75) is 27.2 Å². The monoisotopic (exact) mass is 325 g/mol. The van der Waals surface area contributed by atoms with Crippen LogP contribution in [0.4, 0.5) is 0 Å². The molecule has 126 valence electrons. The molecule has 2 N–H and O–H groups in total. The Morgan fingerprint density at radius 1 is 1.08 bits per heavy atom. The lowest BCUT2D eigenvalue weighted by Gasteiger charge is -2.15. The van der Waals surface area contributed by atoms with Gasteiger partial charge in [0.25, 0.3) is 5.91 Å². The first-order valence-electron chi connectivity index (χ1n) is 8.01. The second kappa shape index (κ2) is 7.77. The Hall–Kier alpha value is -2.62. The van der Waals surface area contributed by atoms with Gasteiger partial charge in [-0.25, -0.2) is 0 Å². The van der Waals surface area contributed by atoms with Crippen LogP contribution in [0.3, 0.4) is 0 Å². The van der Waals surface area contributed by atoms with E-state index < -0.39 is 11.9 Å². The summed E-state index contributed by atoms with van der Waals surface area (Å²) >= 11 is 0. The number of aryl methyl sites for hydroxylation is 2. The molecule has 2 aromatic carbocycles. The van der Waals surface area contributed by atoms with Crippen molar-refractivity contribution in [3.63, 3.8) is 0 Å². The van der Waals surface area contributed by atoms with Crippen molar-refractivity contribution < 1.29 is 14.7 Å². The van der Waals surface area contributed by atoms with E-state index in [1.54, 1.807) is 6.07 Å². The standard InChI is InChI=1S/C20H23NO3/c1-13-6-4-8-16(10-13)11-17(20(23)24)12-21-19(22)18-9-5-7-14(2)15(18)3/h4-10,17H,11-12H2,1-3H3,(H,21,22)(H,23,24). The third-order valence-electron chi connectivity index (χ3n) is 4.27. The molecule has 0 bridgehead atoms. The summed E-state index contributed by atoms with van der Waals surface area (Å²) in [6, 6.07) is 13.3. The molecule has 1 atom stereocenters. The van der Waals surface area contributed by atoms with Crippen molar-refractivity contribution in [1.82, 2.24) is 5.32 Å². The summed E-state index contributed by atoms with van der Waals surface area (Å²) in [6.45, 7) is 5.92. The molecule has 0 heterocycles. The third kappa shape index (κ3) is 4.44. The Kier molecular flexibility index (Phi) is 5.74. The van der Waals surface area contributed by atoms with Gasteiger partial charge in [0.05, 0.1) is 5.92 Å². The molecule has 4 nitrogen and oxygen atoms in total. The summed E-state index contributed by atoms with van der Waals surface area (Å²) in [5.74, 6) is -1.79. The number of amides is 1. The first-order valence-corrected chi connectivity index (χ1v) is 8.01. The van der Waals surface area contributed by atoms with Gasteiger partial charge in [-0.05, 0) is 49.9 Å². The molecule has 1 amide bonds. The van der Waals surface area contributed by atoms with Crippen molar-refractivity contribution >= 4 is 11.9 Å². The van der Waals surface area contributed by atoms with Crippen LogP contribution < -0.4 is 5.32 Å². The molecule has 2 aromatic rings. The molecule has 0 aliphatic rings. The highest BCUT2D eigenvalue weighted by Crippen LogP contribution is 2.14. The molecule has 0 fully saturated rings. The Morgan fingerprint density at radius 3 is 2.46 bits per heavy atom. The first kappa shape index (κ1) is 17.7. The number of rotatable bonds is 6. The quantitative estimate of drug-likeness (QED) is 0.856. The predicted molar refractivity (Wildman–Crippen MR) is 94.3 cm³/mol. The summed E-state index contributed by atoms with van der Waals surface area (Å²) in [5.41, 5.74) is 4.60. The van der Waals surface area contributed by atoms with Crippen LogP contribution in [0.15, 0.2) is 42.5 Å². The minimum Gasteiger partial charge on any atom is -0.481 e. The number of benzene rings is 2. The number of hydrogen-bond acceptors (Lipinski definition) is 2. The molecule has 0 saturated heterocycles. The van der Waals surface area contributed by atoms with Gasteiger partial charge in [-0.2, -0.15) is 0 Å². The molecule has 1 unspecified atom stereocenters. The zero-order chi connectivity index (χ0) is 17.7. The molecular formula is C20H23NO3. The van der Waals surface area contributed by atoms with Crippen LogP contribution in [-0.4, -0.2) is 23.5 Å². The van der Waals surface area contributed by atoms with Gasteiger partial charge in [-0.15, -0.1) is 0 Å². The van der Waals surface area contributed by atoms with Crippen molar-refractivity contribution in [2.24, 2.45) is 5.92 Å². The van der Waals surface area contributed by atoms with E-state index in [0.29, 0.717) is 12.0 Å². The van der Waals surface area contributed by atoms with Crippen molar-refractivity contribution in [3.8, 4) is 0 Å². The highest BCUT2D eigenvalue weighted by molar-refractivity contribution is 5.96. The van der Waals surface area contributed by atoms with E-state index in [-0.39, 0.29) is 12.5 Å². The van der Waals surface area contributed by atoms with Gasteiger partial charge in [0, 0.05) is 12.1 Å². The third-order valence-corrected chi connectivity index (χ3v) is 4.27. The Labute approximate surface area is 142 Å². The van der Waals surface area contributed by atoms with E-state index in [2.05, 4.69) is 5.32 Å². The van der Waals surface area contributed by atoms with Crippen LogP contribution in [0.25, 0.3) is 0 Å². The fourth-order valence-corrected chi connectivity index (χ4v) is 2.68. The number of carbonyl (C=O) groups is 2. The van der Waals surface area contributed by atoms with Crippen LogP contribution in [0.2, 0.25) is 0 Å². The highest BCUT2D eigenvalue weighted by Gasteiger charge is 2.20. The molecule has 0 radical (unpaired) electrons. The van der Waals surface area contributed by atoms with E-state index >= 15 is 0 Å². The second-order valence-corrected chi connectivity index (χ2v) is 6.19. The summed E-state index contributed by atoms with van der Waals surface area (Å²) < 4.78 is 0. The number of carbonyl (C=O) groups excluding carboxylic acids is 1. The molecule has 24 heavy (non-hydrogen) atoms. The smallest absolute Gasteiger partial charge is 0.308 e. The Balaban J connectivity index is 2.05. The lowest BCUT2D eigenvalue weighted by atomic mass is 9.97. The summed E-state index contributed by atoms with van der Waals surface area (Å²) in [4.78, 5) is 23.9. The first-order chi connectivity index (χ1) is 11.4. The van der Waals surface area contributed by atoms with Crippen LogP contribution in [0, 0.1) is 26.7 Å². The molecule has 4 heteroatoms. The summed E-state index contributed by atoms with van der Waals surface area (Å²) in [7, 11) is 0. The maximum atomic E-state index is 12.3. The minimum atomic E-state index is -0.905. The zero-order valence-corrected chi connectivity index (χ0v) is 14.3. The van der Waals surface area contributed by atoms with Gasteiger partial charge in [0.15, 0.2) is 0 Å². The van der Waals surface area contributed by atoms with E-state index in [1.165, 1.54) is 0 Å². The lowest BCUT2D eigenvalue weighted by molar-refractivity contribution is -0.141. The average Bonchev–Trinajstić information content (AvgIpc) is 2.53. The molecule has 0 spiro atoms. The van der Waals surface area contributed by atoms with E-state index in [1.807, 2.05) is 57.2 Å². The van der Waals surface area contributed by atoms with Crippen LogP contribution in [0.1, 0.15) is 32.6 Å². The highest BCUT2D eigenvalue weighted by atomic mass is 16.4. The fourth-order valence-electron chi connectivity index (χ4n) is 2.68. The summed E-state index contributed by atoms with van der Waals surface area (Å²) in [5, 5.41) is 12.2. The fraction of sp³-hybridized carbons (Fsp3) is 0.300. The second-order valence-electron chi connectivity index (χ2n) is 6.19. The minimum absolute atomic E-state index is 0.107. The topological polar surface area (TPSA) is 66.4 Å². The van der Waals surface area contributed by atoms with E-state index in [0.717, 1.165) is 22.3 Å². The van der Waals surface area contributed by atoms with Gasteiger partial charge in [-0.1, -0.05) is 42.0 Å². The average molecular weight is 325 g/mol. The maximum absolute atomic E-state index is 12.3. The van der Waals surface area contributed by atoms with Crippen molar-refractivity contribution in [2.75, 3.05) is 6.54 Å². The zero-order valence-electron chi connectivity index (χ0n) is 14.3. The van der Waals surface area contributed by atoms with Gasteiger partial charge in [0.2, 0.25) is 0 Å². The Morgan fingerprint density at radius 2 is 1.79 bits per heavy atom. The normalized spacial score (nSPS) is 11.8. The van der Waals surface area contributed by atoms with Gasteiger partial charge < -0.3 is 10.4 Å².